The Labute approximate surface area is 155 Å². The third-order valence-electron chi connectivity index (χ3n) is 3.91. The van der Waals surface area contributed by atoms with E-state index in [1.54, 1.807) is 4.40 Å². The summed E-state index contributed by atoms with van der Waals surface area (Å²) < 4.78 is 42.0. The number of hydrogen-bond donors (Lipinski definition) is 2. The van der Waals surface area contributed by atoms with E-state index in [2.05, 4.69) is 32.6 Å². The maximum atomic E-state index is 14.1. The van der Waals surface area contributed by atoms with Crippen LogP contribution < -0.4 is 5.56 Å². The molecule has 0 atom stereocenters. The average molecular weight is 389 g/mol. The van der Waals surface area contributed by atoms with Crippen molar-refractivity contribution in [3.8, 4) is 11.5 Å². The number of imidazole rings is 1. The van der Waals surface area contributed by atoms with Gasteiger partial charge in [0.1, 0.15) is 17.3 Å². The van der Waals surface area contributed by atoms with Crippen molar-refractivity contribution in [1.29, 1.82) is 0 Å². The smallest absolute Gasteiger partial charge is 0.287 e. The first kappa shape index (κ1) is 17.3. The van der Waals surface area contributed by atoms with Gasteiger partial charge in [0.05, 0.1) is 23.1 Å². The Morgan fingerprint density at radius 2 is 1.93 bits per heavy atom. The molecule has 1 N–H and O–H groups in total. The zero-order valence-corrected chi connectivity index (χ0v) is 14.3. The minimum atomic E-state index is -1.02. The second kappa shape index (κ2) is 6.54. The fourth-order valence-corrected chi connectivity index (χ4v) is 2.84. The summed E-state index contributed by atoms with van der Waals surface area (Å²) in [6.45, 7) is 0. The molecule has 0 saturated heterocycles. The van der Waals surface area contributed by atoms with Crippen LogP contribution in [0.5, 0.6) is 0 Å². The molecule has 0 aliphatic heterocycles. The highest BCUT2D eigenvalue weighted by Crippen LogP contribution is 2.22. The summed E-state index contributed by atoms with van der Waals surface area (Å²) in [5, 5.41) is 0.471. The van der Waals surface area contributed by atoms with E-state index in [0.717, 1.165) is 18.3 Å². The second-order valence-electron chi connectivity index (χ2n) is 5.70. The van der Waals surface area contributed by atoms with Crippen molar-refractivity contribution in [2.24, 2.45) is 0 Å². The molecule has 4 aromatic rings. The summed E-state index contributed by atoms with van der Waals surface area (Å²) in [5.74, 6) is -2.39. The Balaban J connectivity index is 1.88. The van der Waals surface area contributed by atoms with E-state index in [4.69, 9.17) is 0 Å². The summed E-state index contributed by atoms with van der Waals surface area (Å²) in [6, 6.07) is 3.25. The van der Waals surface area contributed by atoms with Gasteiger partial charge in [-0.3, -0.25) is 9.20 Å². The highest BCUT2D eigenvalue weighted by Gasteiger charge is 2.15. The Morgan fingerprint density at radius 3 is 2.67 bits per heavy atom. The summed E-state index contributed by atoms with van der Waals surface area (Å²) in [7, 11) is 0. The summed E-state index contributed by atoms with van der Waals surface area (Å²) in [6.07, 6.45) is 3.80. The topological polar surface area (TPSA) is 75.9 Å². The van der Waals surface area contributed by atoms with Crippen LogP contribution in [-0.2, 0) is 6.42 Å². The summed E-state index contributed by atoms with van der Waals surface area (Å²) in [5.41, 5.74) is 0.254. The first-order chi connectivity index (χ1) is 12.9. The Morgan fingerprint density at radius 1 is 1.11 bits per heavy atom. The minimum Gasteiger partial charge on any atom is -0.303 e. The molecule has 0 amide bonds. The van der Waals surface area contributed by atoms with Crippen LogP contribution in [0.4, 0.5) is 13.2 Å². The van der Waals surface area contributed by atoms with E-state index < -0.39 is 23.0 Å². The maximum Gasteiger partial charge on any atom is 0.287 e. The van der Waals surface area contributed by atoms with Crippen molar-refractivity contribution >= 4 is 18.3 Å². The lowest BCUT2D eigenvalue weighted by atomic mass is 10.1. The van der Waals surface area contributed by atoms with Crippen molar-refractivity contribution in [2.45, 2.75) is 11.4 Å². The zero-order chi connectivity index (χ0) is 19.1. The molecule has 0 unspecified atom stereocenters. The number of aromatic amines is 1. The number of thiol groups is 1. The van der Waals surface area contributed by atoms with Gasteiger partial charge >= 0.3 is 0 Å². The molecule has 3 heterocycles. The average Bonchev–Trinajstić information content (AvgIpc) is 3.01. The summed E-state index contributed by atoms with van der Waals surface area (Å²) in [4.78, 5) is 26.2. The van der Waals surface area contributed by atoms with Crippen LogP contribution >= 0.6 is 12.6 Å². The number of fused-ring (bicyclic) bond motifs is 1. The molecule has 0 saturated carbocycles. The number of H-pyrrole nitrogens is 1. The van der Waals surface area contributed by atoms with E-state index in [1.807, 2.05) is 0 Å². The van der Waals surface area contributed by atoms with Crippen molar-refractivity contribution < 1.29 is 13.2 Å². The van der Waals surface area contributed by atoms with Crippen molar-refractivity contribution in [3.63, 3.8) is 0 Å². The minimum absolute atomic E-state index is 0.0130. The van der Waals surface area contributed by atoms with Gasteiger partial charge in [0.2, 0.25) is 5.82 Å². The van der Waals surface area contributed by atoms with Gasteiger partial charge in [-0.2, -0.15) is 4.39 Å². The Hall–Kier alpha value is -3.14. The highest BCUT2D eigenvalue weighted by molar-refractivity contribution is 7.80. The largest absolute Gasteiger partial charge is 0.303 e. The van der Waals surface area contributed by atoms with Crippen LogP contribution in [0, 0.1) is 17.5 Å². The highest BCUT2D eigenvalue weighted by atomic mass is 32.1. The number of hydrogen-bond acceptors (Lipinski definition) is 5. The lowest BCUT2D eigenvalue weighted by molar-refractivity contribution is 0.574. The molecule has 3 aromatic heterocycles. The van der Waals surface area contributed by atoms with Crippen LogP contribution in [0.15, 0.2) is 46.6 Å². The van der Waals surface area contributed by atoms with Crippen molar-refractivity contribution in [2.75, 3.05) is 0 Å². The number of benzene rings is 1. The lowest BCUT2D eigenvalue weighted by Crippen LogP contribution is -2.13. The van der Waals surface area contributed by atoms with Gasteiger partial charge < -0.3 is 4.98 Å². The van der Waals surface area contributed by atoms with E-state index in [1.165, 1.54) is 18.5 Å². The fourth-order valence-electron chi connectivity index (χ4n) is 2.63. The molecule has 0 radical (unpaired) electrons. The SMILES string of the molecule is O=c1[nH]c(-c2cn3c(S)cnc3c(Cc3ccc(F)cc3F)n2)ncc1F. The predicted octanol–water partition coefficient (Wildman–Crippen LogP) is 2.78. The van der Waals surface area contributed by atoms with Gasteiger partial charge in [-0.1, -0.05) is 6.07 Å². The normalized spacial score (nSPS) is 11.3. The third-order valence-corrected chi connectivity index (χ3v) is 4.24. The quantitative estimate of drug-likeness (QED) is 0.529. The van der Waals surface area contributed by atoms with Gasteiger partial charge in [-0.25, -0.2) is 23.7 Å². The van der Waals surface area contributed by atoms with Gasteiger partial charge in [-0.15, -0.1) is 12.6 Å². The number of nitrogens with zero attached hydrogens (tertiary/aromatic N) is 4. The number of rotatable bonds is 3. The van der Waals surface area contributed by atoms with Gasteiger partial charge in [-0.05, 0) is 11.6 Å². The van der Waals surface area contributed by atoms with Gasteiger partial charge in [0.15, 0.2) is 11.5 Å². The predicted molar refractivity (Wildman–Crippen MR) is 93.2 cm³/mol. The van der Waals surface area contributed by atoms with Crippen molar-refractivity contribution in [1.82, 2.24) is 24.3 Å². The zero-order valence-electron chi connectivity index (χ0n) is 13.4. The third kappa shape index (κ3) is 3.19. The van der Waals surface area contributed by atoms with Crippen LogP contribution in [0.2, 0.25) is 0 Å². The number of nitrogens with one attached hydrogen (secondary N) is 1. The van der Waals surface area contributed by atoms with E-state index in [0.29, 0.717) is 16.4 Å². The molecule has 0 bridgehead atoms. The van der Waals surface area contributed by atoms with Crippen LogP contribution in [0.3, 0.4) is 0 Å². The van der Waals surface area contributed by atoms with Crippen LogP contribution in [-0.4, -0.2) is 24.3 Å². The molecule has 0 spiro atoms. The first-order valence-corrected chi connectivity index (χ1v) is 8.12. The van der Waals surface area contributed by atoms with E-state index in [-0.39, 0.29) is 23.5 Å². The van der Waals surface area contributed by atoms with Gasteiger partial charge in [0, 0.05) is 18.7 Å². The van der Waals surface area contributed by atoms with Gasteiger partial charge in [0.25, 0.3) is 5.56 Å². The van der Waals surface area contributed by atoms with Crippen molar-refractivity contribution in [3.05, 3.63) is 75.9 Å². The fraction of sp³-hybridized carbons (Fsp3) is 0.0588. The maximum absolute atomic E-state index is 14.1. The second-order valence-corrected chi connectivity index (χ2v) is 6.16. The molecule has 6 nitrogen and oxygen atoms in total. The molecule has 4 rings (SSSR count). The molecule has 1 aromatic carbocycles. The molecule has 0 aliphatic rings. The van der Waals surface area contributed by atoms with Crippen LogP contribution in [0.25, 0.3) is 17.2 Å². The van der Waals surface area contributed by atoms with E-state index >= 15 is 0 Å². The molecule has 0 fully saturated rings. The molecule has 10 heteroatoms. The molecular weight excluding hydrogens is 379 g/mol. The molecule has 0 aliphatic carbocycles. The van der Waals surface area contributed by atoms with Crippen LogP contribution in [0.1, 0.15) is 11.3 Å². The number of halogens is 3. The monoisotopic (exact) mass is 389 g/mol. The molecule has 27 heavy (non-hydrogen) atoms. The number of aromatic nitrogens is 5. The molecular formula is C17H10F3N5OS. The molecule has 136 valence electrons. The standard InChI is InChI=1S/C17H10F3N5OS/c18-9-2-1-8(10(19)4-9)3-12-16-22-6-14(27)25(16)7-13(23-12)15-21-5-11(20)17(26)24-15/h1-2,4-7,27H,3H2,(H,21,24,26). The Kier molecular flexibility index (Phi) is 4.19. The first-order valence-electron chi connectivity index (χ1n) is 7.67. The lowest BCUT2D eigenvalue weighted by Gasteiger charge is -2.09. The van der Waals surface area contributed by atoms with E-state index in [9.17, 15) is 18.0 Å². The Bertz CT molecular complexity index is 1240. The summed E-state index contributed by atoms with van der Waals surface area (Å²) >= 11 is 4.30.